The van der Waals surface area contributed by atoms with Crippen LogP contribution in [0.15, 0.2) is 82.8 Å². The van der Waals surface area contributed by atoms with Gasteiger partial charge in [-0.05, 0) is 36.2 Å². The Morgan fingerprint density at radius 2 is 1.52 bits per heavy atom. The summed E-state index contributed by atoms with van der Waals surface area (Å²) in [7, 11) is -3.89. The fraction of sp³-hybridized carbons (Fsp3) is 0.136. The highest BCUT2D eigenvalue weighted by atomic mass is 35.5. The molecule has 29 heavy (non-hydrogen) atoms. The Hall–Kier alpha value is -2.34. The number of benzene rings is 3. The quantitative estimate of drug-likeness (QED) is 0.507. The van der Waals surface area contributed by atoms with Crippen LogP contribution in [-0.4, -0.2) is 18.5 Å². The summed E-state index contributed by atoms with van der Waals surface area (Å²) in [6.07, 6.45) is 0.374. The maximum absolute atomic E-state index is 13.6. The van der Waals surface area contributed by atoms with E-state index in [9.17, 15) is 8.42 Å². The molecule has 148 valence electrons. The summed E-state index contributed by atoms with van der Waals surface area (Å²) in [6.45, 7) is 1.77. The maximum atomic E-state index is 13.6. The summed E-state index contributed by atoms with van der Waals surface area (Å²) >= 11 is 12.8. The molecule has 7 heteroatoms. The molecule has 3 aromatic carbocycles. The molecule has 1 heterocycles. The lowest BCUT2D eigenvalue weighted by Crippen LogP contribution is -2.28. The Morgan fingerprint density at radius 3 is 2.21 bits per heavy atom. The van der Waals surface area contributed by atoms with Gasteiger partial charge < -0.3 is 0 Å². The standard InChI is InChI=1S/C22H18Cl2N2O2S/c1-15-8-2-7-13-22(15)29(27,28)26-21(17-10-4-6-12-19(17)24)14-20(25-26)16-9-3-5-11-18(16)23/h2-13,21H,14H2,1H3. The zero-order valence-corrected chi connectivity index (χ0v) is 17.9. The molecular weight excluding hydrogens is 427 g/mol. The first kappa shape index (κ1) is 20.0. The van der Waals surface area contributed by atoms with Crippen molar-refractivity contribution >= 4 is 38.9 Å². The van der Waals surface area contributed by atoms with Crippen LogP contribution >= 0.6 is 23.2 Å². The molecule has 0 fully saturated rings. The third-order valence-electron chi connectivity index (χ3n) is 4.94. The van der Waals surface area contributed by atoms with Crippen molar-refractivity contribution in [1.29, 1.82) is 0 Å². The van der Waals surface area contributed by atoms with E-state index in [0.717, 1.165) is 0 Å². The molecule has 1 unspecified atom stereocenters. The second-order valence-electron chi connectivity index (χ2n) is 6.81. The molecule has 4 rings (SSSR count). The van der Waals surface area contributed by atoms with Gasteiger partial charge in [0, 0.05) is 22.0 Å². The van der Waals surface area contributed by atoms with Gasteiger partial charge in [0.2, 0.25) is 0 Å². The van der Waals surface area contributed by atoms with Crippen molar-refractivity contribution in [2.75, 3.05) is 0 Å². The van der Waals surface area contributed by atoms with Crippen LogP contribution in [-0.2, 0) is 10.0 Å². The van der Waals surface area contributed by atoms with Crippen molar-refractivity contribution in [2.45, 2.75) is 24.3 Å². The molecule has 3 aromatic rings. The molecule has 1 aliphatic heterocycles. The van der Waals surface area contributed by atoms with Crippen molar-refractivity contribution in [3.05, 3.63) is 99.5 Å². The lowest BCUT2D eigenvalue weighted by molar-refractivity contribution is 0.371. The molecular formula is C22H18Cl2N2O2S. The van der Waals surface area contributed by atoms with Gasteiger partial charge in [0.25, 0.3) is 10.0 Å². The van der Waals surface area contributed by atoms with Gasteiger partial charge >= 0.3 is 0 Å². The molecule has 1 aliphatic rings. The minimum atomic E-state index is -3.89. The van der Waals surface area contributed by atoms with Crippen molar-refractivity contribution < 1.29 is 8.42 Å². The molecule has 1 atom stereocenters. The molecule has 4 nitrogen and oxygen atoms in total. The van der Waals surface area contributed by atoms with Crippen LogP contribution < -0.4 is 0 Å². The number of aryl methyl sites for hydroxylation is 1. The SMILES string of the molecule is Cc1ccccc1S(=O)(=O)N1N=C(c2ccccc2Cl)CC1c1ccccc1Cl. The van der Waals surface area contributed by atoms with E-state index in [0.29, 0.717) is 38.9 Å². The number of halogens is 2. The van der Waals surface area contributed by atoms with Gasteiger partial charge in [0.05, 0.1) is 16.6 Å². The zero-order valence-electron chi connectivity index (χ0n) is 15.6. The highest BCUT2D eigenvalue weighted by Crippen LogP contribution is 2.40. The molecule has 0 saturated carbocycles. The summed E-state index contributed by atoms with van der Waals surface area (Å²) in [5.41, 5.74) is 2.69. The summed E-state index contributed by atoms with van der Waals surface area (Å²) in [4.78, 5) is 0.223. The average Bonchev–Trinajstić information content (AvgIpc) is 3.15. The molecule has 0 aromatic heterocycles. The van der Waals surface area contributed by atoms with Crippen LogP contribution in [0.25, 0.3) is 0 Å². The predicted molar refractivity (Wildman–Crippen MR) is 117 cm³/mol. The molecule has 0 saturated heterocycles. The van der Waals surface area contributed by atoms with Gasteiger partial charge in [0.15, 0.2) is 0 Å². The number of hydrogen-bond acceptors (Lipinski definition) is 3. The van der Waals surface area contributed by atoms with Gasteiger partial charge in [0.1, 0.15) is 0 Å². The minimum Gasteiger partial charge on any atom is -0.200 e. The van der Waals surface area contributed by atoms with E-state index >= 15 is 0 Å². The van der Waals surface area contributed by atoms with E-state index in [-0.39, 0.29) is 4.90 Å². The molecule has 0 aliphatic carbocycles. The molecule has 0 N–H and O–H groups in total. The summed E-state index contributed by atoms with van der Waals surface area (Å²) < 4.78 is 28.3. The Kier molecular flexibility index (Phi) is 5.38. The van der Waals surface area contributed by atoms with Crippen LogP contribution in [0.3, 0.4) is 0 Å². The Balaban J connectivity index is 1.87. The summed E-state index contributed by atoms with van der Waals surface area (Å²) in [6, 6.07) is 20.9. The lowest BCUT2D eigenvalue weighted by Gasteiger charge is -2.24. The van der Waals surface area contributed by atoms with Gasteiger partial charge in [-0.15, -0.1) is 0 Å². The molecule has 0 radical (unpaired) electrons. The van der Waals surface area contributed by atoms with Gasteiger partial charge in [-0.3, -0.25) is 0 Å². The lowest BCUT2D eigenvalue weighted by atomic mass is 9.99. The van der Waals surface area contributed by atoms with Crippen LogP contribution in [0.1, 0.15) is 29.2 Å². The number of nitrogens with zero attached hydrogens (tertiary/aromatic N) is 2. The third-order valence-corrected chi connectivity index (χ3v) is 7.46. The fourth-order valence-corrected chi connectivity index (χ4v) is 5.65. The Labute approximate surface area is 180 Å². The average molecular weight is 445 g/mol. The normalized spacial score (nSPS) is 16.7. The molecule has 0 amide bonds. The Morgan fingerprint density at radius 1 is 0.897 bits per heavy atom. The highest BCUT2D eigenvalue weighted by Gasteiger charge is 2.39. The monoisotopic (exact) mass is 444 g/mol. The first-order chi connectivity index (χ1) is 13.9. The second kappa shape index (κ2) is 7.82. The zero-order chi connectivity index (χ0) is 20.6. The van der Waals surface area contributed by atoms with E-state index in [1.807, 2.05) is 42.5 Å². The largest absolute Gasteiger partial charge is 0.279 e. The maximum Gasteiger partial charge on any atom is 0.279 e. The van der Waals surface area contributed by atoms with Crippen molar-refractivity contribution in [2.24, 2.45) is 5.10 Å². The minimum absolute atomic E-state index is 0.223. The Bertz CT molecular complexity index is 1210. The van der Waals surface area contributed by atoms with Crippen LogP contribution in [0.4, 0.5) is 0 Å². The first-order valence-electron chi connectivity index (χ1n) is 9.06. The van der Waals surface area contributed by atoms with Crippen molar-refractivity contribution in [3.63, 3.8) is 0 Å². The van der Waals surface area contributed by atoms with Gasteiger partial charge in [-0.1, -0.05) is 77.8 Å². The first-order valence-corrected chi connectivity index (χ1v) is 11.3. The number of hydrogen-bond donors (Lipinski definition) is 0. The number of hydrazone groups is 1. The second-order valence-corrected chi connectivity index (χ2v) is 9.39. The predicted octanol–water partition coefficient (Wildman–Crippen LogP) is 5.84. The molecule has 0 spiro atoms. The molecule has 0 bridgehead atoms. The van der Waals surface area contributed by atoms with E-state index in [1.165, 1.54) is 4.41 Å². The number of rotatable bonds is 4. The van der Waals surface area contributed by atoms with Crippen LogP contribution in [0.2, 0.25) is 10.0 Å². The number of sulfonamides is 1. The van der Waals surface area contributed by atoms with Crippen LogP contribution in [0.5, 0.6) is 0 Å². The van der Waals surface area contributed by atoms with Crippen molar-refractivity contribution in [3.8, 4) is 0 Å². The summed E-state index contributed by atoms with van der Waals surface area (Å²) in [5.74, 6) is 0. The van der Waals surface area contributed by atoms with Crippen LogP contribution in [0, 0.1) is 6.92 Å². The van der Waals surface area contributed by atoms with Crippen molar-refractivity contribution in [1.82, 2.24) is 4.41 Å². The van der Waals surface area contributed by atoms with E-state index < -0.39 is 16.1 Å². The highest BCUT2D eigenvalue weighted by molar-refractivity contribution is 7.89. The van der Waals surface area contributed by atoms with E-state index in [1.54, 1.807) is 37.3 Å². The van der Waals surface area contributed by atoms with Gasteiger partial charge in [-0.25, -0.2) is 0 Å². The van der Waals surface area contributed by atoms with E-state index in [4.69, 9.17) is 23.2 Å². The third kappa shape index (κ3) is 3.66. The fourth-order valence-electron chi connectivity index (χ4n) is 3.49. The smallest absolute Gasteiger partial charge is 0.200 e. The van der Waals surface area contributed by atoms with E-state index in [2.05, 4.69) is 5.10 Å². The van der Waals surface area contributed by atoms with Gasteiger partial charge in [-0.2, -0.15) is 17.9 Å². The topological polar surface area (TPSA) is 49.7 Å². The summed E-state index contributed by atoms with van der Waals surface area (Å²) in [5, 5.41) is 5.55.